The molecule has 0 aliphatic heterocycles. The first-order valence-electron chi connectivity index (χ1n) is 12.7. The number of fused-ring (bicyclic) bond motifs is 1. The molecular formula is C28H40N2. The number of nitrogens with zero attached hydrogens (tertiary/aromatic N) is 2. The fourth-order valence-corrected chi connectivity index (χ4v) is 5.36. The molecule has 30 heavy (non-hydrogen) atoms. The summed E-state index contributed by atoms with van der Waals surface area (Å²) < 4.78 is 0. The first kappa shape index (κ1) is 21.5. The highest BCUT2D eigenvalue weighted by Gasteiger charge is 2.37. The first-order chi connectivity index (χ1) is 14.8. The summed E-state index contributed by atoms with van der Waals surface area (Å²) in [6, 6.07) is 8.71. The second-order valence-corrected chi connectivity index (χ2v) is 9.84. The van der Waals surface area contributed by atoms with E-state index in [1.807, 2.05) is 0 Å². The lowest BCUT2D eigenvalue weighted by molar-refractivity contribution is 0.475. The van der Waals surface area contributed by atoms with Crippen molar-refractivity contribution in [3.8, 4) is 11.4 Å². The standard InChI is InChI=1S/C28H40N2/c1-2-22-14-16-23(17-15-22)28-29-20-27(21-30-28)25-13-11-9-7-5-3-4-6-8-10-12-24-18-26(24)19-25/h14-17,20-21,24-26H,2-13,18-19H2,1H3. The van der Waals surface area contributed by atoms with Crippen LogP contribution in [-0.4, -0.2) is 9.97 Å². The zero-order chi connectivity index (χ0) is 20.6. The first-order valence-corrected chi connectivity index (χ1v) is 12.7. The molecule has 0 N–H and O–H groups in total. The van der Waals surface area contributed by atoms with Gasteiger partial charge in [0.2, 0.25) is 0 Å². The van der Waals surface area contributed by atoms with Gasteiger partial charge in [0.15, 0.2) is 5.82 Å². The van der Waals surface area contributed by atoms with Gasteiger partial charge in [-0.05, 0) is 54.6 Å². The highest BCUT2D eigenvalue weighted by atomic mass is 14.9. The molecule has 3 unspecified atom stereocenters. The molecule has 2 aromatic rings. The summed E-state index contributed by atoms with van der Waals surface area (Å²) in [6.07, 6.45) is 23.9. The lowest BCUT2D eigenvalue weighted by Gasteiger charge is -2.17. The normalized spacial score (nSPS) is 26.2. The van der Waals surface area contributed by atoms with Gasteiger partial charge in [0.05, 0.1) is 0 Å². The summed E-state index contributed by atoms with van der Waals surface area (Å²) in [4.78, 5) is 9.55. The third-order valence-electron chi connectivity index (χ3n) is 7.55. The van der Waals surface area contributed by atoms with Crippen molar-refractivity contribution in [2.75, 3.05) is 0 Å². The van der Waals surface area contributed by atoms with E-state index in [1.165, 1.54) is 94.6 Å². The van der Waals surface area contributed by atoms with Crippen LogP contribution in [0.2, 0.25) is 0 Å². The lowest BCUT2D eigenvalue weighted by atomic mass is 9.89. The summed E-state index contributed by atoms with van der Waals surface area (Å²) in [5, 5.41) is 0. The van der Waals surface area contributed by atoms with E-state index in [1.54, 1.807) is 0 Å². The third-order valence-corrected chi connectivity index (χ3v) is 7.55. The molecule has 3 atom stereocenters. The fourth-order valence-electron chi connectivity index (χ4n) is 5.36. The Morgan fingerprint density at radius 3 is 1.93 bits per heavy atom. The average molecular weight is 405 g/mol. The predicted molar refractivity (Wildman–Crippen MR) is 127 cm³/mol. The van der Waals surface area contributed by atoms with Crippen molar-refractivity contribution in [3.63, 3.8) is 0 Å². The molecule has 2 saturated carbocycles. The van der Waals surface area contributed by atoms with Crippen molar-refractivity contribution in [1.29, 1.82) is 0 Å². The number of hydrogen-bond acceptors (Lipinski definition) is 2. The number of benzene rings is 1. The van der Waals surface area contributed by atoms with Crippen molar-refractivity contribution in [1.82, 2.24) is 9.97 Å². The summed E-state index contributed by atoms with van der Waals surface area (Å²) in [5.41, 5.74) is 3.87. The SMILES string of the molecule is CCc1ccc(-c2ncc(C3CCCCCCCCCCCC4CC4C3)cn2)cc1. The van der Waals surface area contributed by atoms with Gasteiger partial charge < -0.3 is 0 Å². The van der Waals surface area contributed by atoms with Crippen molar-refractivity contribution in [2.24, 2.45) is 11.8 Å². The maximum absolute atomic E-state index is 4.78. The van der Waals surface area contributed by atoms with E-state index < -0.39 is 0 Å². The zero-order valence-electron chi connectivity index (χ0n) is 19.0. The van der Waals surface area contributed by atoms with Gasteiger partial charge in [0.1, 0.15) is 0 Å². The minimum atomic E-state index is 0.654. The summed E-state index contributed by atoms with van der Waals surface area (Å²) in [5.74, 6) is 3.49. The van der Waals surface area contributed by atoms with Crippen molar-refractivity contribution < 1.29 is 0 Å². The minimum absolute atomic E-state index is 0.654. The Balaban J connectivity index is 1.41. The molecule has 0 amide bonds. The second-order valence-electron chi connectivity index (χ2n) is 9.84. The van der Waals surface area contributed by atoms with Gasteiger partial charge in [-0.1, -0.05) is 95.4 Å². The molecule has 2 fully saturated rings. The van der Waals surface area contributed by atoms with Gasteiger partial charge >= 0.3 is 0 Å². The Bertz CT molecular complexity index is 749. The molecule has 2 aliphatic rings. The van der Waals surface area contributed by atoms with Gasteiger partial charge in [-0.2, -0.15) is 0 Å². The van der Waals surface area contributed by atoms with Gasteiger partial charge in [-0.3, -0.25) is 0 Å². The van der Waals surface area contributed by atoms with E-state index >= 15 is 0 Å². The Morgan fingerprint density at radius 1 is 0.700 bits per heavy atom. The summed E-state index contributed by atoms with van der Waals surface area (Å²) in [6.45, 7) is 2.19. The molecule has 2 aliphatic carbocycles. The van der Waals surface area contributed by atoms with Crippen LogP contribution in [0.15, 0.2) is 36.7 Å². The van der Waals surface area contributed by atoms with Crippen LogP contribution in [0, 0.1) is 11.8 Å². The monoisotopic (exact) mass is 404 g/mol. The molecule has 1 aromatic heterocycles. The molecule has 2 heteroatoms. The van der Waals surface area contributed by atoms with E-state index in [2.05, 4.69) is 43.6 Å². The highest BCUT2D eigenvalue weighted by Crippen LogP contribution is 2.49. The quantitative estimate of drug-likeness (QED) is 0.516. The van der Waals surface area contributed by atoms with Crippen molar-refractivity contribution in [3.05, 3.63) is 47.8 Å². The van der Waals surface area contributed by atoms with Crippen LogP contribution in [0.3, 0.4) is 0 Å². The molecule has 0 saturated heterocycles. The maximum atomic E-state index is 4.78. The molecule has 1 aromatic carbocycles. The van der Waals surface area contributed by atoms with Crippen molar-refractivity contribution >= 4 is 0 Å². The molecule has 0 bridgehead atoms. The average Bonchev–Trinajstić information content (AvgIpc) is 3.54. The van der Waals surface area contributed by atoms with E-state index in [0.717, 1.165) is 29.6 Å². The van der Waals surface area contributed by atoms with Crippen LogP contribution < -0.4 is 0 Å². The number of aryl methyl sites for hydroxylation is 1. The van der Waals surface area contributed by atoms with Crippen LogP contribution in [0.5, 0.6) is 0 Å². The smallest absolute Gasteiger partial charge is 0.159 e. The Hall–Kier alpha value is -1.70. The van der Waals surface area contributed by atoms with Crippen LogP contribution in [0.1, 0.15) is 107 Å². The topological polar surface area (TPSA) is 25.8 Å². The lowest BCUT2D eigenvalue weighted by Crippen LogP contribution is -2.04. The van der Waals surface area contributed by atoms with Crippen LogP contribution in [0.4, 0.5) is 0 Å². The Morgan fingerprint density at radius 2 is 1.30 bits per heavy atom. The van der Waals surface area contributed by atoms with Crippen LogP contribution in [-0.2, 0) is 6.42 Å². The number of hydrogen-bond donors (Lipinski definition) is 0. The van der Waals surface area contributed by atoms with E-state index in [-0.39, 0.29) is 0 Å². The zero-order valence-corrected chi connectivity index (χ0v) is 19.0. The molecule has 162 valence electrons. The van der Waals surface area contributed by atoms with E-state index in [4.69, 9.17) is 9.97 Å². The summed E-state index contributed by atoms with van der Waals surface area (Å²) >= 11 is 0. The van der Waals surface area contributed by atoms with E-state index in [9.17, 15) is 0 Å². The molecule has 2 nitrogen and oxygen atoms in total. The molecular weight excluding hydrogens is 364 g/mol. The van der Waals surface area contributed by atoms with E-state index in [0.29, 0.717) is 5.92 Å². The highest BCUT2D eigenvalue weighted by molar-refractivity contribution is 5.55. The number of rotatable bonds is 3. The van der Waals surface area contributed by atoms with Crippen LogP contribution >= 0.6 is 0 Å². The Kier molecular flexibility index (Phi) is 7.94. The third kappa shape index (κ3) is 6.15. The van der Waals surface area contributed by atoms with Crippen LogP contribution in [0.25, 0.3) is 11.4 Å². The van der Waals surface area contributed by atoms with Gasteiger partial charge in [0.25, 0.3) is 0 Å². The predicted octanol–water partition coefficient (Wildman–Crippen LogP) is 8.12. The maximum Gasteiger partial charge on any atom is 0.159 e. The van der Waals surface area contributed by atoms with Crippen molar-refractivity contribution in [2.45, 2.75) is 103 Å². The minimum Gasteiger partial charge on any atom is -0.236 e. The summed E-state index contributed by atoms with van der Waals surface area (Å²) in [7, 11) is 0. The molecule has 1 heterocycles. The molecule has 4 rings (SSSR count). The second kappa shape index (κ2) is 11.1. The molecule has 0 spiro atoms. The fraction of sp³-hybridized carbons (Fsp3) is 0.643. The largest absolute Gasteiger partial charge is 0.236 e. The van der Waals surface area contributed by atoms with Gasteiger partial charge in [-0.15, -0.1) is 0 Å². The molecule has 0 radical (unpaired) electrons. The van der Waals surface area contributed by atoms with Gasteiger partial charge in [0, 0.05) is 18.0 Å². The Labute approximate surface area is 183 Å². The number of aromatic nitrogens is 2. The van der Waals surface area contributed by atoms with Gasteiger partial charge in [-0.25, -0.2) is 9.97 Å².